The number of carbonyl (C=O) groups is 1. The predicted octanol–water partition coefficient (Wildman–Crippen LogP) is 1.86. The normalized spacial score (nSPS) is 12.0. The summed E-state index contributed by atoms with van der Waals surface area (Å²) in [6.45, 7) is 5.20. The minimum Gasteiger partial charge on any atom is -0.475 e. The molecule has 17 heavy (non-hydrogen) atoms. The van der Waals surface area contributed by atoms with E-state index in [4.69, 9.17) is 9.52 Å². The second-order valence-electron chi connectivity index (χ2n) is 4.48. The van der Waals surface area contributed by atoms with Crippen LogP contribution in [0.3, 0.4) is 0 Å². The van der Waals surface area contributed by atoms with Gasteiger partial charge in [0, 0.05) is 5.56 Å². The molecule has 1 rings (SSSR count). The summed E-state index contributed by atoms with van der Waals surface area (Å²) in [6.07, 6.45) is 0. The van der Waals surface area contributed by atoms with Crippen LogP contribution in [0.5, 0.6) is 0 Å². The van der Waals surface area contributed by atoms with Gasteiger partial charge in [-0.15, -0.1) is 0 Å². The van der Waals surface area contributed by atoms with Crippen molar-refractivity contribution in [2.45, 2.75) is 26.5 Å². The van der Waals surface area contributed by atoms with Crippen LogP contribution in [0.4, 0.5) is 0 Å². The Morgan fingerprint density at radius 1 is 1.47 bits per heavy atom. The molecule has 1 N–H and O–H groups in total. The Morgan fingerprint density at radius 2 is 2.06 bits per heavy atom. The minimum atomic E-state index is -3.25. The molecule has 0 aliphatic heterocycles. The van der Waals surface area contributed by atoms with Gasteiger partial charge in [0.25, 0.3) is 0 Å². The monoisotopic (exact) mass is 260 g/mol. The first kappa shape index (κ1) is 13.8. The first-order chi connectivity index (χ1) is 7.71. The molecular formula is C11H16O5S. The van der Waals surface area contributed by atoms with E-state index in [1.807, 2.05) is 13.8 Å². The van der Waals surface area contributed by atoms with Crippen LogP contribution in [0.25, 0.3) is 0 Å². The van der Waals surface area contributed by atoms with Crippen LogP contribution >= 0.6 is 0 Å². The fourth-order valence-corrected chi connectivity index (χ4v) is 3.32. The number of aromatic carboxylic acids is 1. The minimum absolute atomic E-state index is 0.0370. The average molecular weight is 260 g/mol. The van der Waals surface area contributed by atoms with Gasteiger partial charge in [0.1, 0.15) is 11.5 Å². The van der Waals surface area contributed by atoms with E-state index < -0.39 is 15.8 Å². The van der Waals surface area contributed by atoms with Crippen molar-refractivity contribution < 1.29 is 22.7 Å². The first-order valence-electron chi connectivity index (χ1n) is 5.24. The van der Waals surface area contributed by atoms with E-state index in [1.54, 1.807) is 6.92 Å². The van der Waals surface area contributed by atoms with Crippen LogP contribution in [-0.2, 0) is 15.6 Å². The molecule has 0 fully saturated rings. The number of carboxylic acids is 1. The lowest BCUT2D eigenvalue weighted by Crippen LogP contribution is -2.13. The Labute approximate surface area is 100 Å². The van der Waals surface area contributed by atoms with E-state index in [-0.39, 0.29) is 28.9 Å². The molecule has 0 aliphatic carbocycles. The molecule has 0 radical (unpaired) electrons. The van der Waals surface area contributed by atoms with Crippen molar-refractivity contribution in [2.75, 3.05) is 5.75 Å². The zero-order valence-corrected chi connectivity index (χ0v) is 10.9. The van der Waals surface area contributed by atoms with Crippen LogP contribution in [0.1, 0.15) is 35.7 Å². The van der Waals surface area contributed by atoms with Crippen molar-refractivity contribution in [3.8, 4) is 0 Å². The standard InChI is InChI=1S/C11H16O5S/c1-7(2)5-17(14,15)6-9-4-8(3)10(16-9)11(12)13/h4,7H,5-6H2,1-3H3,(H,12,13). The Hall–Kier alpha value is -1.30. The van der Waals surface area contributed by atoms with Crippen LogP contribution in [-0.4, -0.2) is 25.2 Å². The lowest BCUT2D eigenvalue weighted by Gasteiger charge is -2.04. The molecule has 1 heterocycles. The van der Waals surface area contributed by atoms with Gasteiger partial charge >= 0.3 is 5.97 Å². The number of hydrogen-bond donors (Lipinski definition) is 1. The predicted molar refractivity (Wildman–Crippen MR) is 62.7 cm³/mol. The van der Waals surface area contributed by atoms with Crippen molar-refractivity contribution in [1.29, 1.82) is 0 Å². The number of rotatable bonds is 5. The summed E-state index contributed by atoms with van der Waals surface area (Å²) in [7, 11) is -3.25. The number of aryl methyl sites for hydroxylation is 1. The van der Waals surface area contributed by atoms with E-state index >= 15 is 0 Å². The highest BCUT2D eigenvalue weighted by atomic mass is 32.2. The lowest BCUT2D eigenvalue weighted by molar-refractivity contribution is 0.0659. The van der Waals surface area contributed by atoms with Crippen LogP contribution in [0, 0.1) is 12.8 Å². The second kappa shape index (κ2) is 4.91. The molecule has 1 aromatic rings. The van der Waals surface area contributed by atoms with Gasteiger partial charge in [-0.05, 0) is 18.9 Å². The number of sulfone groups is 1. The SMILES string of the molecule is Cc1cc(CS(=O)(=O)CC(C)C)oc1C(=O)O. The average Bonchev–Trinajstić information content (AvgIpc) is 2.42. The van der Waals surface area contributed by atoms with E-state index in [0.29, 0.717) is 5.56 Å². The van der Waals surface area contributed by atoms with E-state index in [2.05, 4.69) is 0 Å². The molecule has 0 aromatic carbocycles. The van der Waals surface area contributed by atoms with Crippen molar-refractivity contribution in [1.82, 2.24) is 0 Å². The largest absolute Gasteiger partial charge is 0.475 e. The fraction of sp³-hybridized carbons (Fsp3) is 0.545. The molecule has 5 nitrogen and oxygen atoms in total. The van der Waals surface area contributed by atoms with Crippen molar-refractivity contribution in [2.24, 2.45) is 5.92 Å². The second-order valence-corrected chi connectivity index (χ2v) is 6.59. The molecule has 0 bridgehead atoms. The first-order valence-corrected chi connectivity index (χ1v) is 7.06. The fourth-order valence-electron chi connectivity index (χ4n) is 1.62. The highest BCUT2D eigenvalue weighted by Crippen LogP contribution is 2.18. The number of hydrogen-bond acceptors (Lipinski definition) is 4. The number of furan rings is 1. The Kier molecular flexibility index (Phi) is 3.98. The zero-order valence-electron chi connectivity index (χ0n) is 10.1. The van der Waals surface area contributed by atoms with Gasteiger partial charge in [-0.3, -0.25) is 0 Å². The summed E-state index contributed by atoms with van der Waals surface area (Å²) in [4.78, 5) is 10.7. The summed E-state index contributed by atoms with van der Waals surface area (Å²) >= 11 is 0. The van der Waals surface area contributed by atoms with Gasteiger partial charge in [0.2, 0.25) is 5.76 Å². The summed E-state index contributed by atoms with van der Waals surface area (Å²) in [5.74, 6) is -1.35. The van der Waals surface area contributed by atoms with E-state index in [0.717, 1.165) is 0 Å². The third kappa shape index (κ3) is 3.89. The molecule has 0 saturated heterocycles. The van der Waals surface area contributed by atoms with Crippen molar-refractivity contribution >= 4 is 15.8 Å². The molecule has 0 spiro atoms. The molecular weight excluding hydrogens is 244 g/mol. The summed E-state index contributed by atoms with van der Waals surface area (Å²) < 4.78 is 28.4. The Morgan fingerprint density at radius 3 is 2.47 bits per heavy atom. The van der Waals surface area contributed by atoms with Gasteiger partial charge in [-0.2, -0.15) is 0 Å². The Balaban J connectivity index is 2.90. The molecule has 6 heteroatoms. The molecule has 0 unspecified atom stereocenters. The zero-order chi connectivity index (χ0) is 13.2. The summed E-state index contributed by atoms with van der Waals surface area (Å²) in [5.41, 5.74) is 0.437. The summed E-state index contributed by atoms with van der Waals surface area (Å²) in [5, 5.41) is 8.78. The molecule has 0 atom stereocenters. The van der Waals surface area contributed by atoms with E-state index in [9.17, 15) is 13.2 Å². The molecule has 1 aromatic heterocycles. The maximum Gasteiger partial charge on any atom is 0.372 e. The van der Waals surface area contributed by atoms with Gasteiger partial charge in [0.15, 0.2) is 9.84 Å². The highest BCUT2D eigenvalue weighted by molar-refractivity contribution is 7.90. The molecule has 96 valence electrons. The highest BCUT2D eigenvalue weighted by Gasteiger charge is 2.20. The maximum absolute atomic E-state index is 11.7. The molecule has 0 amide bonds. The van der Waals surface area contributed by atoms with E-state index in [1.165, 1.54) is 6.07 Å². The van der Waals surface area contributed by atoms with Gasteiger partial charge in [0.05, 0.1) is 5.75 Å². The third-order valence-electron chi connectivity index (χ3n) is 2.11. The smallest absolute Gasteiger partial charge is 0.372 e. The third-order valence-corrected chi connectivity index (χ3v) is 4.01. The van der Waals surface area contributed by atoms with Gasteiger partial charge in [-0.25, -0.2) is 13.2 Å². The Bertz CT molecular complexity index is 510. The number of carboxylic acid groups (broad SMARTS) is 1. The van der Waals surface area contributed by atoms with Crippen molar-refractivity contribution in [3.63, 3.8) is 0 Å². The van der Waals surface area contributed by atoms with Crippen LogP contribution in [0.2, 0.25) is 0 Å². The van der Waals surface area contributed by atoms with Crippen LogP contribution < -0.4 is 0 Å². The quantitative estimate of drug-likeness (QED) is 0.873. The van der Waals surface area contributed by atoms with Gasteiger partial charge < -0.3 is 9.52 Å². The van der Waals surface area contributed by atoms with Crippen molar-refractivity contribution in [3.05, 3.63) is 23.2 Å². The summed E-state index contributed by atoms with van der Waals surface area (Å²) in [6, 6.07) is 1.46. The molecule has 0 aliphatic rings. The lowest BCUT2D eigenvalue weighted by atomic mass is 10.3. The van der Waals surface area contributed by atoms with Crippen LogP contribution in [0.15, 0.2) is 10.5 Å². The molecule has 0 saturated carbocycles. The van der Waals surface area contributed by atoms with Gasteiger partial charge in [-0.1, -0.05) is 13.8 Å². The topological polar surface area (TPSA) is 84.6 Å². The maximum atomic E-state index is 11.7.